The van der Waals surface area contributed by atoms with Gasteiger partial charge in [0.05, 0.1) is 6.54 Å². The molecular weight excluding hydrogens is 168 g/mol. The molecule has 1 spiro atoms. The van der Waals surface area contributed by atoms with E-state index in [2.05, 4.69) is 5.32 Å². The number of nitrogens with zero attached hydrogens (tertiary/aromatic N) is 1. The molecule has 1 amide bonds. The van der Waals surface area contributed by atoms with E-state index in [0.717, 1.165) is 38.9 Å². The maximum absolute atomic E-state index is 11.2. The minimum atomic E-state index is -0.185. The highest BCUT2D eigenvalue weighted by Gasteiger charge is 2.43. The molecule has 0 bridgehead atoms. The number of rotatable bonds is 0. The van der Waals surface area contributed by atoms with Gasteiger partial charge in [-0.1, -0.05) is 0 Å². The highest BCUT2D eigenvalue weighted by atomic mass is 16.6. The van der Waals surface area contributed by atoms with Crippen molar-refractivity contribution >= 4 is 6.09 Å². The third kappa shape index (κ3) is 1.63. The summed E-state index contributed by atoms with van der Waals surface area (Å²) in [5, 5.41) is 3.32. The first-order valence-corrected chi connectivity index (χ1v) is 4.87. The van der Waals surface area contributed by atoms with Crippen LogP contribution >= 0.6 is 0 Å². The summed E-state index contributed by atoms with van der Waals surface area (Å²) in [5.41, 5.74) is -0.185. The summed E-state index contributed by atoms with van der Waals surface area (Å²) < 4.78 is 5.43. The van der Waals surface area contributed by atoms with Crippen molar-refractivity contribution in [2.75, 3.05) is 26.7 Å². The molecule has 0 radical (unpaired) electrons. The first kappa shape index (κ1) is 8.81. The fourth-order valence-electron chi connectivity index (χ4n) is 2.15. The van der Waals surface area contributed by atoms with Crippen molar-refractivity contribution in [1.82, 2.24) is 10.2 Å². The lowest BCUT2D eigenvalue weighted by Crippen LogP contribution is -2.34. The molecule has 2 saturated heterocycles. The Hall–Kier alpha value is -0.770. The van der Waals surface area contributed by atoms with Gasteiger partial charge in [-0.2, -0.15) is 0 Å². The van der Waals surface area contributed by atoms with Crippen LogP contribution in [-0.4, -0.2) is 43.3 Å². The van der Waals surface area contributed by atoms with Gasteiger partial charge in [0.1, 0.15) is 5.60 Å². The molecule has 74 valence electrons. The van der Waals surface area contributed by atoms with Crippen molar-refractivity contribution in [1.29, 1.82) is 0 Å². The lowest BCUT2D eigenvalue weighted by molar-refractivity contribution is 0.0470. The summed E-state index contributed by atoms with van der Waals surface area (Å²) >= 11 is 0. The lowest BCUT2D eigenvalue weighted by atomic mass is 9.95. The van der Waals surface area contributed by atoms with Crippen LogP contribution in [0.5, 0.6) is 0 Å². The SMILES string of the molecule is CN1CC2(CCCNCC2)OC1=O. The van der Waals surface area contributed by atoms with Crippen LogP contribution in [0.3, 0.4) is 0 Å². The molecule has 2 aliphatic rings. The first-order valence-electron chi connectivity index (χ1n) is 4.87. The monoisotopic (exact) mass is 184 g/mol. The molecule has 1 unspecified atom stereocenters. The van der Waals surface area contributed by atoms with E-state index in [1.807, 2.05) is 0 Å². The number of nitrogens with one attached hydrogen (secondary N) is 1. The van der Waals surface area contributed by atoms with Crippen molar-refractivity contribution in [3.05, 3.63) is 0 Å². The smallest absolute Gasteiger partial charge is 0.410 e. The first-order chi connectivity index (χ1) is 6.22. The highest BCUT2D eigenvalue weighted by Crippen LogP contribution is 2.30. The summed E-state index contributed by atoms with van der Waals surface area (Å²) in [5.74, 6) is 0. The molecule has 0 aromatic rings. The second-order valence-corrected chi connectivity index (χ2v) is 4.01. The third-order valence-corrected chi connectivity index (χ3v) is 2.88. The maximum atomic E-state index is 11.2. The molecule has 0 aliphatic carbocycles. The minimum Gasteiger partial charge on any atom is -0.441 e. The van der Waals surface area contributed by atoms with E-state index in [1.165, 1.54) is 0 Å². The Morgan fingerprint density at radius 1 is 1.46 bits per heavy atom. The Labute approximate surface area is 78.2 Å². The van der Waals surface area contributed by atoms with E-state index in [9.17, 15) is 4.79 Å². The van der Waals surface area contributed by atoms with Gasteiger partial charge in [-0.25, -0.2) is 4.79 Å². The third-order valence-electron chi connectivity index (χ3n) is 2.88. The van der Waals surface area contributed by atoms with Crippen LogP contribution < -0.4 is 5.32 Å². The zero-order valence-corrected chi connectivity index (χ0v) is 8.01. The van der Waals surface area contributed by atoms with Crippen LogP contribution in [0.2, 0.25) is 0 Å². The molecule has 0 saturated carbocycles. The number of carbonyl (C=O) groups excluding carboxylic acids is 1. The molecule has 1 atom stereocenters. The summed E-state index contributed by atoms with van der Waals surface area (Å²) in [4.78, 5) is 12.9. The number of hydrogen-bond donors (Lipinski definition) is 1. The van der Waals surface area contributed by atoms with Crippen molar-refractivity contribution in [3.8, 4) is 0 Å². The number of carbonyl (C=O) groups is 1. The van der Waals surface area contributed by atoms with Gasteiger partial charge in [-0.3, -0.25) is 0 Å². The van der Waals surface area contributed by atoms with Crippen molar-refractivity contribution in [3.63, 3.8) is 0 Å². The molecule has 4 heteroatoms. The predicted octanol–water partition coefficient (Wildman–Crippen LogP) is 0.581. The van der Waals surface area contributed by atoms with E-state index in [1.54, 1.807) is 11.9 Å². The Morgan fingerprint density at radius 2 is 2.31 bits per heavy atom. The second kappa shape index (κ2) is 3.18. The van der Waals surface area contributed by atoms with Crippen LogP contribution in [0.25, 0.3) is 0 Å². The maximum Gasteiger partial charge on any atom is 0.410 e. The fraction of sp³-hybridized carbons (Fsp3) is 0.889. The number of likely N-dealkylation sites (N-methyl/N-ethyl adjacent to an activating group) is 1. The molecule has 2 aliphatic heterocycles. The topological polar surface area (TPSA) is 41.6 Å². The molecular formula is C9H16N2O2. The summed E-state index contributed by atoms with van der Waals surface area (Å²) in [7, 11) is 1.80. The second-order valence-electron chi connectivity index (χ2n) is 4.01. The molecule has 0 aromatic heterocycles. The van der Waals surface area contributed by atoms with E-state index in [0.29, 0.717) is 0 Å². The van der Waals surface area contributed by atoms with Crippen LogP contribution in [0.1, 0.15) is 19.3 Å². The van der Waals surface area contributed by atoms with Gasteiger partial charge in [-0.05, 0) is 25.9 Å². The Morgan fingerprint density at radius 3 is 3.00 bits per heavy atom. The van der Waals surface area contributed by atoms with Gasteiger partial charge < -0.3 is 15.0 Å². The molecule has 0 aromatic carbocycles. The van der Waals surface area contributed by atoms with Crippen LogP contribution in [0, 0.1) is 0 Å². The summed E-state index contributed by atoms with van der Waals surface area (Å²) in [6.45, 7) is 2.76. The fourth-order valence-corrected chi connectivity index (χ4v) is 2.15. The van der Waals surface area contributed by atoms with Gasteiger partial charge in [-0.15, -0.1) is 0 Å². The standard InChI is InChI=1S/C9H16N2O2/c1-11-7-9(13-8(11)12)3-2-5-10-6-4-9/h10H,2-7H2,1H3. The quantitative estimate of drug-likeness (QED) is 0.598. The van der Waals surface area contributed by atoms with Gasteiger partial charge >= 0.3 is 6.09 Å². The number of amides is 1. The molecule has 2 fully saturated rings. The predicted molar refractivity (Wildman–Crippen MR) is 48.6 cm³/mol. The molecule has 1 N–H and O–H groups in total. The van der Waals surface area contributed by atoms with Gasteiger partial charge in [0.25, 0.3) is 0 Å². The summed E-state index contributed by atoms with van der Waals surface area (Å²) in [6, 6.07) is 0. The highest BCUT2D eigenvalue weighted by molar-refractivity contribution is 5.70. The Bertz CT molecular complexity index is 210. The summed E-state index contributed by atoms with van der Waals surface area (Å²) in [6.07, 6.45) is 2.88. The normalized spacial score (nSPS) is 34.8. The Kier molecular flexibility index (Phi) is 2.15. The molecule has 13 heavy (non-hydrogen) atoms. The van der Waals surface area contributed by atoms with Crippen molar-refractivity contribution in [2.24, 2.45) is 0 Å². The van der Waals surface area contributed by atoms with Crippen LogP contribution in [0.15, 0.2) is 0 Å². The Balaban J connectivity index is 2.07. The van der Waals surface area contributed by atoms with Gasteiger partial charge in [0, 0.05) is 13.5 Å². The van der Waals surface area contributed by atoms with Crippen molar-refractivity contribution < 1.29 is 9.53 Å². The minimum absolute atomic E-state index is 0.165. The molecule has 4 nitrogen and oxygen atoms in total. The zero-order valence-electron chi connectivity index (χ0n) is 8.01. The average molecular weight is 184 g/mol. The van der Waals surface area contributed by atoms with E-state index < -0.39 is 0 Å². The van der Waals surface area contributed by atoms with Crippen molar-refractivity contribution in [2.45, 2.75) is 24.9 Å². The van der Waals surface area contributed by atoms with Crippen LogP contribution in [-0.2, 0) is 4.74 Å². The number of hydrogen-bond acceptors (Lipinski definition) is 3. The van der Waals surface area contributed by atoms with Crippen LogP contribution in [0.4, 0.5) is 4.79 Å². The van der Waals surface area contributed by atoms with Gasteiger partial charge in [0.2, 0.25) is 0 Å². The largest absolute Gasteiger partial charge is 0.441 e. The van der Waals surface area contributed by atoms with Gasteiger partial charge in [0.15, 0.2) is 0 Å². The molecule has 2 rings (SSSR count). The number of ether oxygens (including phenoxy) is 1. The zero-order chi connectivity index (χ0) is 9.31. The average Bonchev–Trinajstić information content (AvgIpc) is 2.29. The van der Waals surface area contributed by atoms with E-state index in [4.69, 9.17) is 4.74 Å². The van der Waals surface area contributed by atoms with E-state index in [-0.39, 0.29) is 11.7 Å². The lowest BCUT2D eigenvalue weighted by Gasteiger charge is -2.23. The van der Waals surface area contributed by atoms with E-state index >= 15 is 0 Å². The molecule has 2 heterocycles.